The van der Waals surface area contributed by atoms with E-state index in [1.165, 1.54) is 6.34 Å². The highest BCUT2D eigenvalue weighted by Gasteiger charge is 2.49. The molecule has 8 heteroatoms. The molecule has 0 aromatic carbocycles. The van der Waals surface area contributed by atoms with E-state index in [-0.39, 0.29) is 6.54 Å². The summed E-state index contributed by atoms with van der Waals surface area (Å²) < 4.78 is 70.5. The molecular formula is C5H2F6N2. The summed E-state index contributed by atoms with van der Waals surface area (Å²) in [6, 6.07) is -2.45. The molecule has 0 aromatic rings. The van der Waals surface area contributed by atoms with Crippen molar-refractivity contribution in [3.05, 3.63) is 6.54 Å². The number of rotatable bonds is 0. The number of alkyl halides is 6. The standard InChI is InChI=1S/C5H2F6N2/c6-4(7,8)3-1-13(2-12-3)5(9,10)11/h1,3H. The summed E-state index contributed by atoms with van der Waals surface area (Å²) in [5, 5.41) is 0. The Morgan fingerprint density at radius 1 is 1.15 bits per heavy atom. The molecule has 1 heterocycles. The van der Waals surface area contributed by atoms with Gasteiger partial charge in [-0.05, 0) is 0 Å². The van der Waals surface area contributed by atoms with Crippen molar-refractivity contribution in [2.24, 2.45) is 4.99 Å². The van der Waals surface area contributed by atoms with Gasteiger partial charge in [0.1, 0.15) is 0 Å². The Hall–Kier alpha value is -0.950. The third-order valence-electron chi connectivity index (χ3n) is 1.20. The van der Waals surface area contributed by atoms with Crippen molar-refractivity contribution in [2.45, 2.75) is 18.5 Å². The Balaban J connectivity index is 2.63. The average molecular weight is 204 g/mol. The number of halogens is 6. The van der Waals surface area contributed by atoms with Gasteiger partial charge in [-0.3, -0.25) is 4.90 Å². The monoisotopic (exact) mass is 204 g/mol. The summed E-state index contributed by atoms with van der Waals surface area (Å²) in [5.74, 6) is 0. The summed E-state index contributed by atoms with van der Waals surface area (Å²) >= 11 is 0. The van der Waals surface area contributed by atoms with Gasteiger partial charge in [-0.15, -0.1) is 0 Å². The zero-order valence-corrected chi connectivity index (χ0v) is 5.82. The lowest BCUT2D eigenvalue weighted by atomic mass is 10.3. The van der Waals surface area contributed by atoms with Gasteiger partial charge in [-0.1, -0.05) is 0 Å². The van der Waals surface area contributed by atoms with Crippen LogP contribution in [0.25, 0.3) is 0 Å². The third-order valence-corrected chi connectivity index (χ3v) is 1.20. The summed E-state index contributed by atoms with van der Waals surface area (Å²) in [4.78, 5) is 1.88. The second-order valence-electron chi connectivity index (χ2n) is 2.20. The quantitative estimate of drug-likeness (QED) is 0.434. The first-order valence-corrected chi connectivity index (χ1v) is 2.94. The highest BCUT2D eigenvalue weighted by atomic mass is 19.4. The van der Waals surface area contributed by atoms with Gasteiger partial charge in [0.25, 0.3) is 0 Å². The van der Waals surface area contributed by atoms with E-state index in [2.05, 4.69) is 4.99 Å². The highest BCUT2D eigenvalue weighted by molar-refractivity contribution is 5.60. The maximum Gasteiger partial charge on any atom is 0.486 e. The summed E-state index contributed by atoms with van der Waals surface area (Å²) in [7, 11) is 0. The van der Waals surface area contributed by atoms with E-state index in [4.69, 9.17) is 0 Å². The van der Waals surface area contributed by atoms with Gasteiger partial charge >= 0.3 is 12.5 Å². The molecule has 2 nitrogen and oxygen atoms in total. The van der Waals surface area contributed by atoms with Gasteiger partial charge in [0, 0.05) is 0 Å². The predicted octanol–water partition coefficient (Wildman–Crippen LogP) is 1.82. The van der Waals surface area contributed by atoms with Gasteiger partial charge in [0.05, 0.1) is 6.54 Å². The van der Waals surface area contributed by atoms with Gasteiger partial charge in [-0.25, -0.2) is 4.99 Å². The normalized spacial score (nSPS) is 24.2. The molecule has 13 heavy (non-hydrogen) atoms. The molecule has 0 spiro atoms. The first kappa shape index (κ1) is 10.1. The van der Waals surface area contributed by atoms with Crippen LogP contribution >= 0.6 is 0 Å². The Morgan fingerprint density at radius 2 is 1.69 bits per heavy atom. The van der Waals surface area contributed by atoms with Crippen LogP contribution < -0.4 is 0 Å². The predicted molar refractivity (Wildman–Crippen MR) is 29.5 cm³/mol. The lowest BCUT2D eigenvalue weighted by Crippen LogP contribution is -2.36. The molecule has 0 saturated heterocycles. The lowest BCUT2D eigenvalue weighted by molar-refractivity contribution is -0.210. The molecule has 0 N–H and O–H groups in total. The van der Waals surface area contributed by atoms with Crippen LogP contribution in [0, 0.1) is 6.54 Å². The molecule has 1 rings (SSSR count). The van der Waals surface area contributed by atoms with Crippen molar-refractivity contribution < 1.29 is 26.3 Å². The van der Waals surface area contributed by atoms with Crippen LogP contribution in [0.15, 0.2) is 4.99 Å². The zero-order chi connectivity index (χ0) is 10.3. The van der Waals surface area contributed by atoms with Gasteiger partial charge in [0.2, 0.25) is 0 Å². The number of nitrogens with zero attached hydrogens (tertiary/aromatic N) is 2. The van der Waals surface area contributed by atoms with E-state index in [9.17, 15) is 26.3 Å². The van der Waals surface area contributed by atoms with E-state index in [1.807, 2.05) is 0 Å². The molecule has 0 saturated carbocycles. The van der Waals surface area contributed by atoms with Gasteiger partial charge < -0.3 is 0 Å². The Labute approximate surface area is 68.8 Å². The fraction of sp³-hybridized carbons (Fsp3) is 0.600. The SMILES string of the molecule is FC(F)(F)C1[CH]N(C(F)(F)F)[C]=N1. The smallest absolute Gasteiger partial charge is 0.257 e. The van der Waals surface area contributed by atoms with Crippen molar-refractivity contribution in [1.29, 1.82) is 0 Å². The molecule has 1 aliphatic heterocycles. The van der Waals surface area contributed by atoms with E-state index < -0.39 is 23.4 Å². The maximum absolute atomic E-state index is 11.8. The van der Waals surface area contributed by atoms with Gasteiger partial charge in [0.15, 0.2) is 12.4 Å². The molecule has 2 radical (unpaired) electrons. The molecule has 0 aliphatic carbocycles. The first-order chi connectivity index (χ1) is 5.71. The first-order valence-electron chi connectivity index (χ1n) is 2.94. The second kappa shape index (κ2) is 2.78. The second-order valence-corrected chi connectivity index (χ2v) is 2.20. The molecule has 0 fully saturated rings. The van der Waals surface area contributed by atoms with Crippen LogP contribution in [-0.2, 0) is 0 Å². The fourth-order valence-corrected chi connectivity index (χ4v) is 0.631. The Kier molecular flexibility index (Phi) is 2.16. The number of hydrogen-bond acceptors (Lipinski definition) is 2. The number of aliphatic imine (C=N–C) groups is 1. The maximum atomic E-state index is 11.8. The molecule has 74 valence electrons. The summed E-state index contributed by atoms with van der Waals surface area (Å²) in [6.07, 6.45) is -8.49. The topological polar surface area (TPSA) is 15.6 Å². The summed E-state index contributed by atoms with van der Waals surface area (Å²) in [6.45, 7) is -0.0833. The van der Waals surface area contributed by atoms with E-state index >= 15 is 0 Å². The minimum absolute atomic E-state index is 0.0833. The minimum Gasteiger partial charge on any atom is -0.257 e. The zero-order valence-electron chi connectivity index (χ0n) is 5.82. The van der Waals surface area contributed by atoms with Crippen LogP contribution in [-0.4, -0.2) is 29.8 Å². The van der Waals surface area contributed by atoms with E-state index in [0.29, 0.717) is 0 Å². The molecule has 0 amide bonds. The van der Waals surface area contributed by atoms with Crippen LogP contribution in [0.4, 0.5) is 26.3 Å². The molecule has 1 aliphatic rings. The van der Waals surface area contributed by atoms with Crippen molar-refractivity contribution in [3.8, 4) is 0 Å². The van der Waals surface area contributed by atoms with Crippen LogP contribution in [0.5, 0.6) is 0 Å². The number of hydrogen-bond donors (Lipinski definition) is 0. The average Bonchev–Trinajstić information content (AvgIpc) is 2.28. The van der Waals surface area contributed by atoms with Gasteiger partial charge in [-0.2, -0.15) is 26.3 Å². The van der Waals surface area contributed by atoms with Crippen LogP contribution in [0.2, 0.25) is 0 Å². The van der Waals surface area contributed by atoms with E-state index in [1.54, 1.807) is 0 Å². The van der Waals surface area contributed by atoms with Crippen molar-refractivity contribution >= 4 is 6.34 Å². The molecular weight excluding hydrogens is 202 g/mol. The largest absolute Gasteiger partial charge is 0.486 e. The minimum atomic E-state index is -4.90. The molecule has 0 bridgehead atoms. The highest BCUT2D eigenvalue weighted by Crippen LogP contribution is 2.32. The third kappa shape index (κ3) is 2.25. The summed E-state index contributed by atoms with van der Waals surface area (Å²) in [5.41, 5.74) is 0. The van der Waals surface area contributed by atoms with Crippen LogP contribution in [0.3, 0.4) is 0 Å². The molecule has 1 atom stereocenters. The lowest BCUT2D eigenvalue weighted by Gasteiger charge is -2.18. The van der Waals surface area contributed by atoms with Crippen molar-refractivity contribution in [2.75, 3.05) is 0 Å². The fourth-order valence-electron chi connectivity index (χ4n) is 0.631. The molecule has 1 unspecified atom stereocenters. The Morgan fingerprint density at radius 3 is 1.92 bits per heavy atom. The van der Waals surface area contributed by atoms with E-state index in [0.717, 1.165) is 0 Å². The molecule has 0 aromatic heterocycles. The Bertz CT molecular complexity index is 194. The van der Waals surface area contributed by atoms with Crippen molar-refractivity contribution in [1.82, 2.24) is 4.90 Å². The van der Waals surface area contributed by atoms with Crippen molar-refractivity contribution in [3.63, 3.8) is 0 Å². The van der Waals surface area contributed by atoms with Crippen LogP contribution in [0.1, 0.15) is 0 Å².